The number of amides is 3. The van der Waals surface area contributed by atoms with E-state index >= 15 is 0 Å². The molecule has 10 heteroatoms. The molecule has 0 radical (unpaired) electrons. The SMILES string of the molecule is C.CCN1C[C@H](C)N(C(=O)N2Cc3c(NC(=O)c4cnccn4)n[nH]c3C2C)C[C@H]1C. The first-order valence-corrected chi connectivity index (χ1v) is 10.4. The van der Waals surface area contributed by atoms with Crippen LogP contribution in [0.3, 0.4) is 0 Å². The van der Waals surface area contributed by atoms with Crippen LogP contribution in [0.1, 0.15) is 62.9 Å². The number of piperazine rings is 1. The Morgan fingerprint density at radius 1 is 1.16 bits per heavy atom. The summed E-state index contributed by atoms with van der Waals surface area (Å²) in [5, 5.41) is 10.0. The summed E-state index contributed by atoms with van der Waals surface area (Å²) in [6.07, 6.45) is 4.38. The molecule has 2 aliphatic rings. The quantitative estimate of drug-likeness (QED) is 0.777. The number of carbonyl (C=O) groups excluding carboxylic acids is 2. The van der Waals surface area contributed by atoms with Crippen LogP contribution < -0.4 is 5.32 Å². The van der Waals surface area contributed by atoms with Gasteiger partial charge in [0.1, 0.15) is 5.69 Å². The normalized spacial score (nSPS) is 23.3. The van der Waals surface area contributed by atoms with Crippen LogP contribution in [0.5, 0.6) is 0 Å². The summed E-state index contributed by atoms with van der Waals surface area (Å²) in [5.74, 6) is 0.0491. The number of hydrogen-bond donors (Lipinski definition) is 2. The van der Waals surface area contributed by atoms with Gasteiger partial charge in [-0.1, -0.05) is 14.4 Å². The van der Waals surface area contributed by atoms with Gasteiger partial charge in [-0.15, -0.1) is 0 Å². The van der Waals surface area contributed by atoms with E-state index in [0.717, 1.165) is 24.3 Å². The van der Waals surface area contributed by atoms with Crippen molar-refractivity contribution in [2.24, 2.45) is 0 Å². The van der Waals surface area contributed by atoms with Crippen LogP contribution in [-0.2, 0) is 6.54 Å². The Kier molecular flexibility index (Phi) is 6.59. The van der Waals surface area contributed by atoms with Crippen molar-refractivity contribution < 1.29 is 9.59 Å². The Labute approximate surface area is 183 Å². The molecule has 3 atom stereocenters. The molecular formula is C21H32N8O2. The highest BCUT2D eigenvalue weighted by atomic mass is 16.2. The maximum Gasteiger partial charge on any atom is 0.321 e. The third-order valence-corrected chi connectivity index (χ3v) is 6.15. The molecule has 0 aliphatic carbocycles. The Morgan fingerprint density at radius 2 is 1.94 bits per heavy atom. The van der Waals surface area contributed by atoms with Gasteiger partial charge in [0.05, 0.1) is 24.5 Å². The number of nitrogens with one attached hydrogen (secondary N) is 2. The number of rotatable bonds is 3. The fourth-order valence-corrected chi connectivity index (χ4v) is 4.34. The number of aromatic amines is 1. The maximum absolute atomic E-state index is 13.4. The molecule has 0 aromatic carbocycles. The molecule has 2 N–H and O–H groups in total. The van der Waals surface area contributed by atoms with E-state index in [0.29, 0.717) is 24.9 Å². The lowest BCUT2D eigenvalue weighted by Crippen LogP contribution is -2.60. The van der Waals surface area contributed by atoms with Gasteiger partial charge in [-0.05, 0) is 27.3 Å². The largest absolute Gasteiger partial charge is 0.321 e. The summed E-state index contributed by atoms with van der Waals surface area (Å²) in [6.45, 7) is 11.4. The number of carbonyl (C=O) groups is 2. The van der Waals surface area contributed by atoms with Crippen LogP contribution in [0.2, 0.25) is 0 Å². The third kappa shape index (κ3) is 4.12. The molecule has 0 spiro atoms. The highest BCUT2D eigenvalue weighted by Gasteiger charge is 2.40. The lowest BCUT2D eigenvalue weighted by Gasteiger charge is -2.45. The van der Waals surface area contributed by atoms with Crippen molar-refractivity contribution in [1.29, 1.82) is 0 Å². The van der Waals surface area contributed by atoms with E-state index in [9.17, 15) is 9.59 Å². The lowest BCUT2D eigenvalue weighted by molar-refractivity contribution is 0.0480. The molecule has 2 aromatic rings. The average molecular weight is 429 g/mol. The molecule has 4 heterocycles. The van der Waals surface area contributed by atoms with Crippen LogP contribution in [-0.4, -0.2) is 78.5 Å². The highest BCUT2D eigenvalue weighted by Crippen LogP contribution is 2.37. The van der Waals surface area contributed by atoms with E-state index in [2.05, 4.69) is 51.2 Å². The molecule has 10 nitrogen and oxygen atoms in total. The van der Waals surface area contributed by atoms with Crippen LogP contribution in [0.15, 0.2) is 18.6 Å². The molecule has 2 aromatic heterocycles. The number of urea groups is 1. The number of anilines is 1. The molecule has 1 saturated heterocycles. The van der Waals surface area contributed by atoms with E-state index in [-0.39, 0.29) is 37.1 Å². The first kappa shape index (κ1) is 22.7. The predicted octanol–water partition coefficient (Wildman–Crippen LogP) is 2.50. The smallest absolute Gasteiger partial charge is 0.319 e. The summed E-state index contributed by atoms with van der Waals surface area (Å²) in [6, 6.07) is 0.352. The second kappa shape index (κ2) is 9.01. The zero-order valence-corrected chi connectivity index (χ0v) is 17.8. The minimum atomic E-state index is -0.382. The number of likely N-dealkylation sites (N-methyl/N-ethyl adjacent to an activating group) is 1. The van der Waals surface area contributed by atoms with Crippen molar-refractivity contribution >= 4 is 17.8 Å². The molecular weight excluding hydrogens is 396 g/mol. The van der Waals surface area contributed by atoms with Gasteiger partial charge in [-0.3, -0.25) is 19.8 Å². The van der Waals surface area contributed by atoms with Gasteiger partial charge in [0.15, 0.2) is 5.82 Å². The van der Waals surface area contributed by atoms with Gasteiger partial charge in [-0.25, -0.2) is 9.78 Å². The van der Waals surface area contributed by atoms with E-state index < -0.39 is 0 Å². The summed E-state index contributed by atoms with van der Waals surface area (Å²) in [7, 11) is 0. The minimum absolute atomic E-state index is 0. The second-order valence-electron chi connectivity index (χ2n) is 8.03. The van der Waals surface area contributed by atoms with Crippen LogP contribution in [0.4, 0.5) is 10.6 Å². The summed E-state index contributed by atoms with van der Waals surface area (Å²) in [4.78, 5) is 39.9. The monoisotopic (exact) mass is 428 g/mol. The molecule has 168 valence electrons. The van der Waals surface area contributed by atoms with Crippen molar-refractivity contribution in [3.05, 3.63) is 35.5 Å². The zero-order chi connectivity index (χ0) is 21.4. The van der Waals surface area contributed by atoms with Crippen LogP contribution >= 0.6 is 0 Å². The fourth-order valence-electron chi connectivity index (χ4n) is 4.34. The fraction of sp³-hybridized carbons (Fsp3) is 0.571. The first-order valence-electron chi connectivity index (χ1n) is 10.4. The number of nitrogens with zero attached hydrogens (tertiary/aromatic N) is 6. The van der Waals surface area contributed by atoms with E-state index in [1.165, 1.54) is 18.6 Å². The van der Waals surface area contributed by atoms with Crippen molar-refractivity contribution in [1.82, 2.24) is 34.9 Å². The van der Waals surface area contributed by atoms with Crippen LogP contribution in [0, 0.1) is 0 Å². The van der Waals surface area contributed by atoms with Crippen molar-refractivity contribution in [3.8, 4) is 0 Å². The molecule has 4 rings (SSSR count). The number of H-pyrrole nitrogens is 1. The van der Waals surface area contributed by atoms with E-state index in [1.54, 1.807) is 0 Å². The van der Waals surface area contributed by atoms with Gasteiger partial charge in [0.25, 0.3) is 5.91 Å². The Morgan fingerprint density at radius 3 is 2.61 bits per heavy atom. The number of aromatic nitrogens is 4. The molecule has 1 fully saturated rings. The van der Waals surface area contributed by atoms with Crippen molar-refractivity contribution in [2.45, 2.75) is 59.8 Å². The summed E-state index contributed by atoms with van der Waals surface area (Å²) < 4.78 is 0. The maximum atomic E-state index is 13.4. The molecule has 0 bridgehead atoms. The van der Waals surface area contributed by atoms with Gasteiger partial charge < -0.3 is 15.1 Å². The molecule has 31 heavy (non-hydrogen) atoms. The number of fused-ring (bicyclic) bond motifs is 1. The van der Waals surface area contributed by atoms with Gasteiger partial charge in [0, 0.05) is 43.1 Å². The topological polar surface area (TPSA) is 110 Å². The molecule has 1 unspecified atom stereocenters. The van der Waals surface area contributed by atoms with Gasteiger partial charge in [0.2, 0.25) is 0 Å². The Hall–Kier alpha value is -3.01. The van der Waals surface area contributed by atoms with Crippen LogP contribution in [0.25, 0.3) is 0 Å². The Bertz CT molecular complexity index is 931. The number of hydrogen-bond acceptors (Lipinski definition) is 6. The molecule has 3 amide bonds. The highest BCUT2D eigenvalue weighted by molar-refractivity contribution is 6.02. The van der Waals surface area contributed by atoms with Gasteiger partial charge in [-0.2, -0.15) is 5.10 Å². The van der Waals surface area contributed by atoms with E-state index in [1.807, 2.05) is 16.7 Å². The third-order valence-electron chi connectivity index (χ3n) is 6.15. The van der Waals surface area contributed by atoms with E-state index in [4.69, 9.17) is 0 Å². The minimum Gasteiger partial charge on any atom is -0.319 e. The molecule has 2 aliphatic heterocycles. The molecule has 0 saturated carbocycles. The van der Waals surface area contributed by atoms with Gasteiger partial charge >= 0.3 is 6.03 Å². The summed E-state index contributed by atoms with van der Waals surface area (Å²) >= 11 is 0. The first-order chi connectivity index (χ1) is 14.4. The Balaban J connectivity index is 0.00000272. The predicted molar refractivity (Wildman–Crippen MR) is 118 cm³/mol. The van der Waals surface area contributed by atoms with Crippen molar-refractivity contribution in [3.63, 3.8) is 0 Å². The second-order valence-corrected chi connectivity index (χ2v) is 8.03. The average Bonchev–Trinajstić information content (AvgIpc) is 3.29. The standard InChI is InChI=1S/C20H28N8O2.CH4/c1-5-26-9-13(3)27(10-12(26)2)20(30)28-11-15-17(14(28)4)24-25-18(15)23-19(29)16-8-21-6-7-22-16;/h6-8,12-14H,5,9-11H2,1-4H3,(H2,23,24,25,29);1H4/t12-,13+,14?;/m1./s1. The van der Waals surface area contributed by atoms with Crippen molar-refractivity contribution in [2.75, 3.05) is 25.0 Å². The zero-order valence-electron chi connectivity index (χ0n) is 17.8. The lowest BCUT2D eigenvalue weighted by atomic mass is 10.1. The summed E-state index contributed by atoms with van der Waals surface area (Å²) in [5.41, 5.74) is 1.90.